The van der Waals surface area contributed by atoms with Gasteiger partial charge in [-0.3, -0.25) is 4.90 Å². The van der Waals surface area contributed by atoms with Crippen molar-refractivity contribution in [2.24, 2.45) is 0 Å². The largest absolute Gasteiger partial charge is 0.480 e. The second kappa shape index (κ2) is 5.39. The molecule has 20 heavy (non-hydrogen) atoms. The maximum atomic E-state index is 10.6. The molecule has 0 radical (unpaired) electrons. The number of fused-ring (bicyclic) bond motifs is 1. The van der Waals surface area contributed by atoms with Gasteiger partial charge in [0.05, 0.1) is 5.60 Å². The third-order valence-corrected chi connectivity index (χ3v) is 5.11. The minimum Gasteiger partial charge on any atom is -0.480 e. The molecule has 0 saturated carbocycles. The molecule has 108 valence electrons. The quantitative estimate of drug-likeness (QED) is 0.924. The SMILES string of the molecule is CC1(OCC(=O)O)CN(C2CCSc3ccccc32)C1. The third-order valence-electron chi connectivity index (χ3n) is 3.99. The first-order chi connectivity index (χ1) is 9.57. The Bertz CT molecular complexity index is 514. The van der Waals surface area contributed by atoms with E-state index in [4.69, 9.17) is 9.84 Å². The molecule has 2 aliphatic rings. The number of rotatable bonds is 4. The highest BCUT2D eigenvalue weighted by molar-refractivity contribution is 7.99. The number of carbonyl (C=O) groups is 1. The standard InChI is InChI=1S/C15H19NO3S/c1-15(19-8-14(17)18)9-16(10-15)12-6-7-20-13-5-3-2-4-11(12)13/h2-5,12H,6-10H2,1H3,(H,17,18). The Morgan fingerprint density at radius 2 is 2.25 bits per heavy atom. The molecule has 4 nitrogen and oxygen atoms in total. The minimum atomic E-state index is -0.899. The van der Waals surface area contributed by atoms with Gasteiger partial charge < -0.3 is 9.84 Å². The number of aliphatic carboxylic acids is 1. The van der Waals surface area contributed by atoms with E-state index in [9.17, 15) is 4.79 Å². The second-order valence-corrected chi connectivity index (χ2v) is 6.86. The lowest BCUT2D eigenvalue weighted by Gasteiger charge is -2.51. The zero-order valence-electron chi connectivity index (χ0n) is 11.5. The van der Waals surface area contributed by atoms with Crippen LogP contribution in [-0.4, -0.2) is 47.0 Å². The number of nitrogens with zero attached hydrogens (tertiary/aromatic N) is 1. The lowest BCUT2D eigenvalue weighted by molar-refractivity contribution is -0.170. The van der Waals surface area contributed by atoms with Gasteiger partial charge in [0.1, 0.15) is 6.61 Å². The van der Waals surface area contributed by atoms with Gasteiger partial charge in [-0.1, -0.05) is 18.2 Å². The van der Waals surface area contributed by atoms with Crippen LogP contribution >= 0.6 is 11.8 Å². The van der Waals surface area contributed by atoms with E-state index in [1.54, 1.807) is 0 Å². The summed E-state index contributed by atoms with van der Waals surface area (Å²) in [6.45, 7) is 3.41. The molecule has 1 aromatic carbocycles. The van der Waals surface area contributed by atoms with Crippen molar-refractivity contribution in [1.82, 2.24) is 4.90 Å². The van der Waals surface area contributed by atoms with E-state index in [0.717, 1.165) is 25.3 Å². The molecule has 1 atom stereocenters. The van der Waals surface area contributed by atoms with E-state index in [1.807, 2.05) is 18.7 Å². The molecular weight excluding hydrogens is 274 g/mol. The van der Waals surface area contributed by atoms with Crippen molar-refractivity contribution in [2.45, 2.75) is 29.9 Å². The fourth-order valence-corrected chi connectivity index (χ4v) is 4.17. The molecule has 1 unspecified atom stereocenters. The molecule has 1 aromatic rings. The van der Waals surface area contributed by atoms with Crippen LogP contribution in [0.25, 0.3) is 0 Å². The molecule has 5 heteroatoms. The first kappa shape index (κ1) is 13.9. The lowest BCUT2D eigenvalue weighted by atomic mass is 9.90. The van der Waals surface area contributed by atoms with Crippen molar-refractivity contribution in [3.8, 4) is 0 Å². The van der Waals surface area contributed by atoms with E-state index < -0.39 is 5.97 Å². The lowest BCUT2D eigenvalue weighted by Crippen LogP contribution is -2.62. The summed E-state index contributed by atoms with van der Waals surface area (Å²) >= 11 is 1.92. The third kappa shape index (κ3) is 2.71. The summed E-state index contributed by atoms with van der Waals surface area (Å²) < 4.78 is 5.49. The topological polar surface area (TPSA) is 49.8 Å². The Morgan fingerprint density at radius 3 is 3.00 bits per heavy atom. The van der Waals surface area contributed by atoms with Crippen molar-refractivity contribution in [3.63, 3.8) is 0 Å². The van der Waals surface area contributed by atoms with E-state index in [2.05, 4.69) is 29.2 Å². The molecule has 0 aliphatic carbocycles. The zero-order chi connectivity index (χ0) is 14.2. The molecule has 0 amide bonds. The van der Waals surface area contributed by atoms with Gasteiger partial charge in [-0.25, -0.2) is 4.79 Å². The second-order valence-electron chi connectivity index (χ2n) is 5.73. The van der Waals surface area contributed by atoms with Crippen LogP contribution in [0.1, 0.15) is 24.9 Å². The Labute approximate surface area is 123 Å². The predicted molar refractivity (Wildman–Crippen MR) is 78.1 cm³/mol. The molecule has 0 spiro atoms. The van der Waals surface area contributed by atoms with Gasteiger partial charge in [-0.05, 0) is 30.7 Å². The van der Waals surface area contributed by atoms with Crippen molar-refractivity contribution in [1.29, 1.82) is 0 Å². The van der Waals surface area contributed by atoms with Crippen LogP contribution in [0.5, 0.6) is 0 Å². The molecule has 2 aliphatic heterocycles. The Kier molecular flexibility index (Phi) is 3.75. The molecular formula is C15H19NO3S. The maximum absolute atomic E-state index is 10.6. The number of hydrogen-bond donors (Lipinski definition) is 1. The summed E-state index contributed by atoms with van der Waals surface area (Å²) in [6.07, 6.45) is 1.15. The summed E-state index contributed by atoms with van der Waals surface area (Å²) in [7, 11) is 0. The summed E-state index contributed by atoms with van der Waals surface area (Å²) in [4.78, 5) is 14.4. The van der Waals surface area contributed by atoms with Crippen LogP contribution in [0.3, 0.4) is 0 Å². The van der Waals surface area contributed by atoms with E-state index in [1.165, 1.54) is 10.5 Å². The van der Waals surface area contributed by atoms with Crippen LogP contribution in [0.4, 0.5) is 0 Å². The van der Waals surface area contributed by atoms with Gasteiger partial charge in [0.2, 0.25) is 0 Å². The smallest absolute Gasteiger partial charge is 0.329 e. The van der Waals surface area contributed by atoms with Crippen molar-refractivity contribution >= 4 is 17.7 Å². The number of thioether (sulfide) groups is 1. The van der Waals surface area contributed by atoms with Gasteiger partial charge in [-0.2, -0.15) is 0 Å². The number of ether oxygens (including phenoxy) is 1. The van der Waals surface area contributed by atoms with Crippen LogP contribution in [0.15, 0.2) is 29.2 Å². The van der Waals surface area contributed by atoms with E-state index in [-0.39, 0.29) is 12.2 Å². The Balaban J connectivity index is 1.65. The molecule has 1 N–H and O–H groups in total. The first-order valence-corrected chi connectivity index (χ1v) is 7.87. The number of benzene rings is 1. The monoisotopic (exact) mass is 293 g/mol. The normalized spacial score (nSPS) is 24.8. The van der Waals surface area contributed by atoms with E-state index >= 15 is 0 Å². The van der Waals surface area contributed by atoms with Crippen molar-refractivity contribution in [2.75, 3.05) is 25.4 Å². The fourth-order valence-electron chi connectivity index (χ4n) is 3.06. The maximum Gasteiger partial charge on any atom is 0.329 e. The van der Waals surface area contributed by atoms with Crippen LogP contribution in [0, 0.1) is 0 Å². The fraction of sp³-hybridized carbons (Fsp3) is 0.533. The number of likely N-dealkylation sites (tertiary alicyclic amines) is 1. The van der Waals surface area contributed by atoms with Gasteiger partial charge in [0.25, 0.3) is 0 Å². The molecule has 1 saturated heterocycles. The number of hydrogen-bond acceptors (Lipinski definition) is 4. The predicted octanol–water partition coefficient (Wildman–Crippen LogP) is 2.40. The van der Waals surface area contributed by atoms with Crippen LogP contribution in [-0.2, 0) is 9.53 Å². The molecule has 3 rings (SSSR count). The van der Waals surface area contributed by atoms with Crippen molar-refractivity contribution < 1.29 is 14.6 Å². The summed E-state index contributed by atoms with van der Waals surface area (Å²) in [5.41, 5.74) is 1.10. The van der Waals surface area contributed by atoms with Gasteiger partial charge >= 0.3 is 5.97 Å². The summed E-state index contributed by atoms with van der Waals surface area (Å²) in [5.74, 6) is 0.245. The highest BCUT2D eigenvalue weighted by Gasteiger charge is 2.44. The van der Waals surface area contributed by atoms with Gasteiger partial charge in [-0.15, -0.1) is 11.8 Å². The van der Waals surface area contributed by atoms with Gasteiger partial charge in [0, 0.05) is 24.0 Å². The molecule has 1 fully saturated rings. The van der Waals surface area contributed by atoms with Crippen LogP contribution < -0.4 is 0 Å². The highest BCUT2D eigenvalue weighted by atomic mass is 32.2. The molecule has 0 bridgehead atoms. The summed E-state index contributed by atoms with van der Waals surface area (Å²) in [6, 6.07) is 9.03. The molecule has 2 heterocycles. The first-order valence-electron chi connectivity index (χ1n) is 6.89. The Hall–Kier alpha value is -1.04. The highest BCUT2D eigenvalue weighted by Crippen LogP contribution is 2.43. The number of carboxylic acid groups (broad SMARTS) is 1. The molecule has 0 aromatic heterocycles. The average molecular weight is 293 g/mol. The number of carboxylic acids is 1. The minimum absolute atomic E-state index is 0.207. The Morgan fingerprint density at radius 1 is 1.50 bits per heavy atom. The van der Waals surface area contributed by atoms with Gasteiger partial charge in [0.15, 0.2) is 0 Å². The summed E-state index contributed by atoms with van der Waals surface area (Å²) in [5, 5.41) is 8.70. The zero-order valence-corrected chi connectivity index (χ0v) is 12.4. The van der Waals surface area contributed by atoms with Crippen LogP contribution in [0.2, 0.25) is 0 Å². The van der Waals surface area contributed by atoms with E-state index in [0.29, 0.717) is 6.04 Å². The van der Waals surface area contributed by atoms with Crippen molar-refractivity contribution in [3.05, 3.63) is 29.8 Å². The average Bonchev–Trinajstić information content (AvgIpc) is 2.41.